The second-order valence-corrected chi connectivity index (χ2v) is 14.7. The number of hydrogen-bond donors (Lipinski definition) is 0. The van der Waals surface area contributed by atoms with Crippen LogP contribution in [0.25, 0.3) is 0 Å². The Labute approximate surface area is 136 Å². The van der Waals surface area contributed by atoms with Crippen LogP contribution in [0.3, 0.4) is 0 Å². The SMILES string of the molecule is CCCCC[CH2][Sn+]([CH2]CCCCC)[CH2]CCCCC.[OH-]. The molecular weight excluding hydrogens is 351 g/mol. The van der Waals surface area contributed by atoms with Gasteiger partial charge in [-0.2, -0.15) is 0 Å². The number of rotatable bonds is 15. The molecule has 0 aromatic heterocycles. The third-order valence-electron chi connectivity index (χ3n) is 4.15. The first-order valence-electron chi connectivity index (χ1n) is 9.18. The van der Waals surface area contributed by atoms with Crippen LogP contribution >= 0.6 is 0 Å². The second kappa shape index (κ2) is 19.8. The van der Waals surface area contributed by atoms with Gasteiger partial charge in [0.15, 0.2) is 0 Å². The Bertz CT molecular complexity index is 133. The molecule has 0 amide bonds. The molecule has 20 heavy (non-hydrogen) atoms. The van der Waals surface area contributed by atoms with Gasteiger partial charge in [-0.25, -0.2) is 0 Å². The molecular formula is C18H40OSn. The van der Waals surface area contributed by atoms with E-state index in [4.69, 9.17) is 0 Å². The summed E-state index contributed by atoms with van der Waals surface area (Å²) in [7, 11) is 0. The molecule has 0 spiro atoms. The van der Waals surface area contributed by atoms with Crippen LogP contribution in [0.1, 0.15) is 97.8 Å². The monoisotopic (exact) mass is 392 g/mol. The van der Waals surface area contributed by atoms with Crippen molar-refractivity contribution in [3.63, 3.8) is 0 Å². The van der Waals surface area contributed by atoms with E-state index in [-0.39, 0.29) is 5.48 Å². The van der Waals surface area contributed by atoms with Crippen molar-refractivity contribution in [3.8, 4) is 0 Å². The number of hydrogen-bond acceptors (Lipinski definition) is 1. The zero-order chi connectivity index (χ0) is 14.2. The van der Waals surface area contributed by atoms with Crippen LogP contribution in [0.15, 0.2) is 0 Å². The van der Waals surface area contributed by atoms with Gasteiger partial charge in [-0.15, -0.1) is 0 Å². The van der Waals surface area contributed by atoms with E-state index in [0.717, 1.165) is 0 Å². The Morgan fingerprint density at radius 2 is 0.750 bits per heavy atom. The van der Waals surface area contributed by atoms with Gasteiger partial charge in [0, 0.05) is 0 Å². The maximum Gasteiger partial charge on any atom is -0.870 e. The van der Waals surface area contributed by atoms with Gasteiger partial charge in [0.25, 0.3) is 0 Å². The third kappa shape index (κ3) is 16.8. The molecule has 0 saturated carbocycles. The van der Waals surface area contributed by atoms with Crippen molar-refractivity contribution in [3.05, 3.63) is 0 Å². The minimum Gasteiger partial charge on any atom is -0.870 e. The van der Waals surface area contributed by atoms with E-state index in [1.807, 2.05) is 0 Å². The Morgan fingerprint density at radius 3 is 1.00 bits per heavy atom. The van der Waals surface area contributed by atoms with Crippen molar-refractivity contribution in [1.29, 1.82) is 0 Å². The summed E-state index contributed by atoms with van der Waals surface area (Å²) in [5.41, 5.74) is 0. The predicted molar refractivity (Wildman–Crippen MR) is 94.5 cm³/mol. The molecule has 0 rings (SSSR count). The summed E-state index contributed by atoms with van der Waals surface area (Å²) in [6.07, 6.45) is 17.9. The Kier molecular flexibility index (Phi) is 22.8. The molecule has 122 valence electrons. The molecule has 1 N–H and O–H groups in total. The molecule has 0 fully saturated rings. The summed E-state index contributed by atoms with van der Waals surface area (Å²) in [6, 6.07) is 0. The van der Waals surface area contributed by atoms with Crippen LogP contribution < -0.4 is 0 Å². The van der Waals surface area contributed by atoms with E-state index in [1.54, 1.807) is 32.6 Å². The van der Waals surface area contributed by atoms with E-state index in [9.17, 15) is 0 Å². The summed E-state index contributed by atoms with van der Waals surface area (Å²) >= 11 is -0.948. The minimum atomic E-state index is -0.948. The van der Waals surface area contributed by atoms with Crippen molar-refractivity contribution in [1.82, 2.24) is 0 Å². The second-order valence-electron chi connectivity index (χ2n) is 6.18. The van der Waals surface area contributed by atoms with Crippen LogP contribution in [0, 0.1) is 0 Å². The Balaban J connectivity index is 0. The molecule has 0 saturated heterocycles. The van der Waals surface area contributed by atoms with Crippen molar-refractivity contribution in [2.75, 3.05) is 0 Å². The van der Waals surface area contributed by atoms with E-state index in [2.05, 4.69) is 20.8 Å². The summed E-state index contributed by atoms with van der Waals surface area (Å²) in [6.45, 7) is 6.99. The van der Waals surface area contributed by atoms with Gasteiger partial charge in [-0.1, -0.05) is 0 Å². The van der Waals surface area contributed by atoms with Crippen molar-refractivity contribution < 1.29 is 5.48 Å². The minimum absolute atomic E-state index is 0. The van der Waals surface area contributed by atoms with Crippen molar-refractivity contribution in [2.45, 2.75) is 111 Å². The fourth-order valence-electron chi connectivity index (χ4n) is 2.78. The van der Waals surface area contributed by atoms with Crippen LogP contribution in [-0.4, -0.2) is 25.2 Å². The maximum atomic E-state index is 2.33. The largest absolute Gasteiger partial charge is 0.870 e. The summed E-state index contributed by atoms with van der Waals surface area (Å²) in [4.78, 5) is 0. The fraction of sp³-hybridized carbons (Fsp3) is 1.00. The molecule has 1 nitrogen and oxygen atoms in total. The molecule has 0 heterocycles. The molecule has 0 unspecified atom stereocenters. The van der Waals surface area contributed by atoms with E-state index in [0.29, 0.717) is 0 Å². The first-order chi connectivity index (χ1) is 9.35. The first-order valence-corrected chi connectivity index (χ1v) is 15.2. The van der Waals surface area contributed by atoms with Gasteiger partial charge in [0.1, 0.15) is 0 Å². The van der Waals surface area contributed by atoms with Gasteiger partial charge < -0.3 is 5.48 Å². The fourth-order valence-corrected chi connectivity index (χ4v) is 11.3. The normalized spacial score (nSPS) is 10.3. The van der Waals surface area contributed by atoms with Gasteiger partial charge in [0.05, 0.1) is 0 Å². The molecule has 0 aliphatic heterocycles. The van der Waals surface area contributed by atoms with Crippen molar-refractivity contribution >= 4 is 19.8 Å². The third-order valence-corrected chi connectivity index (χ3v) is 13.2. The van der Waals surface area contributed by atoms with Crippen LogP contribution in [-0.2, 0) is 0 Å². The average Bonchev–Trinajstić information content (AvgIpc) is 2.43. The molecule has 0 aromatic carbocycles. The van der Waals surface area contributed by atoms with Crippen LogP contribution in [0.4, 0.5) is 0 Å². The first kappa shape index (κ1) is 23.0. The molecule has 0 radical (unpaired) electrons. The van der Waals surface area contributed by atoms with Gasteiger partial charge in [0.2, 0.25) is 0 Å². The molecule has 2 heteroatoms. The average molecular weight is 391 g/mol. The quantitative estimate of drug-likeness (QED) is 0.217. The molecule has 0 bridgehead atoms. The van der Waals surface area contributed by atoms with E-state index >= 15 is 0 Å². The van der Waals surface area contributed by atoms with Crippen molar-refractivity contribution in [2.24, 2.45) is 0 Å². The Hall–Kier alpha value is 0.759. The molecule has 0 atom stereocenters. The maximum absolute atomic E-state index is 2.33. The van der Waals surface area contributed by atoms with Gasteiger partial charge in [-0.3, -0.25) is 0 Å². The zero-order valence-electron chi connectivity index (χ0n) is 14.6. The smallest absolute Gasteiger partial charge is 0.870 e. The molecule has 0 aromatic rings. The summed E-state index contributed by atoms with van der Waals surface area (Å²) < 4.78 is 5.13. The van der Waals surface area contributed by atoms with Gasteiger partial charge in [-0.05, 0) is 0 Å². The van der Waals surface area contributed by atoms with Crippen LogP contribution in [0.5, 0.6) is 0 Å². The standard InChI is InChI=1S/3C6H13.H2O.Sn/c3*1-3-5-6-4-2;;/h3*1,3-6H2,2H3;1H2;/q;;;;+1/p-1. The van der Waals surface area contributed by atoms with E-state index in [1.165, 1.54) is 57.8 Å². The molecule has 0 aliphatic carbocycles. The number of unbranched alkanes of at least 4 members (excludes halogenated alkanes) is 9. The topological polar surface area (TPSA) is 30.0 Å². The van der Waals surface area contributed by atoms with Crippen LogP contribution in [0.2, 0.25) is 13.3 Å². The predicted octanol–water partition coefficient (Wildman–Crippen LogP) is 7.05. The molecule has 0 aliphatic rings. The van der Waals surface area contributed by atoms with E-state index < -0.39 is 19.8 Å². The zero-order valence-corrected chi connectivity index (χ0v) is 17.4. The Morgan fingerprint density at radius 1 is 0.450 bits per heavy atom. The summed E-state index contributed by atoms with van der Waals surface area (Å²) in [5, 5.41) is 0. The van der Waals surface area contributed by atoms with Gasteiger partial charge >= 0.3 is 131 Å². The summed E-state index contributed by atoms with van der Waals surface area (Å²) in [5.74, 6) is 0.